The van der Waals surface area contributed by atoms with Crippen molar-refractivity contribution in [1.82, 2.24) is 4.72 Å². The standard InChI is InChI=1S/C24H21N3O4S2/c25-32(28,29)18-14-12-17(13-15-18)26-23-20-10-4-6-16-7-5-11-21(22(16)20)24(23)27-33(30,31)19-8-2-1-3-9-19/h1-15,23-24,26-27H,(H2,25,28,29). The second kappa shape index (κ2) is 7.96. The molecule has 0 aliphatic heterocycles. The molecule has 0 aromatic heterocycles. The van der Waals surface area contributed by atoms with Gasteiger partial charge in [0.25, 0.3) is 0 Å². The van der Waals surface area contributed by atoms with Crippen LogP contribution in [0.3, 0.4) is 0 Å². The molecule has 0 saturated heterocycles. The number of nitrogens with one attached hydrogen (secondary N) is 2. The van der Waals surface area contributed by atoms with Crippen LogP contribution in [0, 0.1) is 0 Å². The Morgan fingerprint density at radius 3 is 1.85 bits per heavy atom. The van der Waals surface area contributed by atoms with E-state index in [1.54, 1.807) is 42.5 Å². The number of rotatable bonds is 6. The van der Waals surface area contributed by atoms with Gasteiger partial charge in [-0.3, -0.25) is 0 Å². The van der Waals surface area contributed by atoms with Crippen LogP contribution in [-0.2, 0) is 20.0 Å². The van der Waals surface area contributed by atoms with Gasteiger partial charge in [-0.1, -0.05) is 54.6 Å². The summed E-state index contributed by atoms with van der Waals surface area (Å²) in [6, 6.07) is 25.1. The summed E-state index contributed by atoms with van der Waals surface area (Å²) in [5.74, 6) is 0. The molecule has 1 aliphatic carbocycles. The lowest BCUT2D eigenvalue weighted by molar-refractivity contribution is 0.534. The van der Waals surface area contributed by atoms with Gasteiger partial charge in [0.05, 0.1) is 21.9 Å². The van der Waals surface area contributed by atoms with E-state index in [4.69, 9.17) is 5.14 Å². The average molecular weight is 480 g/mol. The van der Waals surface area contributed by atoms with Crippen molar-refractivity contribution in [2.75, 3.05) is 5.32 Å². The van der Waals surface area contributed by atoms with Crippen LogP contribution in [-0.4, -0.2) is 16.8 Å². The maximum Gasteiger partial charge on any atom is 0.241 e. The smallest absolute Gasteiger partial charge is 0.241 e. The fraction of sp³-hybridized carbons (Fsp3) is 0.0833. The monoisotopic (exact) mass is 479 g/mol. The predicted octanol–water partition coefficient (Wildman–Crippen LogP) is 3.67. The second-order valence-corrected chi connectivity index (χ2v) is 11.2. The molecule has 0 fully saturated rings. The van der Waals surface area contributed by atoms with Crippen LogP contribution in [0.4, 0.5) is 5.69 Å². The van der Waals surface area contributed by atoms with Gasteiger partial charge in [-0.2, -0.15) is 0 Å². The highest BCUT2D eigenvalue weighted by Gasteiger charge is 2.37. The Kier molecular flexibility index (Phi) is 5.21. The molecule has 2 atom stereocenters. The molecule has 4 aromatic rings. The minimum atomic E-state index is -3.81. The summed E-state index contributed by atoms with van der Waals surface area (Å²) in [4.78, 5) is 0.190. The van der Waals surface area contributed by atoms with Crippen LogP contribution < -0.4 is 15.2 Å². The summed E-state index contributed by atoms with van der Waals surface area (Å²) in [6.07, 6.45) is 0. The average Bonchev–Trinajstić information content (AvgIpc) is 3.08. The number of anilines is 1. The first kappa shape index (κ1) is 21.6. The lowest BCUT2D eigenvalue weighted by Gasteiger charge is -2.25. The number of hydrogen-bond acceptors (Lipinski definition) is 5. The maximum absolute atomic E-state index is 13.2. The topological polar surface area (TPSA) is 118 Å². The molecule has 9 heteroatoms. The molecule has 0 saturated carbocycles. The van der Waals surface area contributed by atoms with Crippen molar-refractivity contribution in [3.8, 4) is 0 Å². The van der Waals surface area contributed by atoms with Gasteiger partial charge in [0, 0.05) is 5.69 Å². The summed E-state index contributed by atoms with van der Waals surface area (Å²) in [5, 5.41) is 10.6. The van der Waals surface area contributed by atoms with Crippen molar-refractivity contribution in [3.05, 3.63) is 102 Å². The summed E-state index contributed by atoms with van der Waals surface area (Å²) in [7, 11) is -7.60. The number of hydrogen-bond donors (Lipinski definition) is 3. The van der Waals surface area contributed by atoms with Gasteiger partial charge < -0.3 is 5.32 Å². The molecule has 2 unspecified atom stereocenters. The first-order chi connectivity index (χ1) is 15.7. The van der Waals surface area contributed by atoms with Crippen molar-refractivity contribution in [1.29, 1.82) is 0 Å². The minimum absolute atomic E-state index is 0.00573. The molecule has 33 heavy (non-hydrogen) atoms. The lowest BCUT2D eigenvalue weighted by atomic mass is 10.0. The van der Waals surface area contributed by atoms with E-state index >= 15 is 0 Å². The number of benzene rings is 4. The Morgan fingerprint density at radius 1 is 0.636 bits per heavy atom. The molecular weight excluding hydrogens is 458 g/mol. The molecule has 0 amide bonds. The summed E-state index contributed by atoms with van der Waals surface area (Å²) < 4.78 is 52.4. The first-order valence-corrected chi connectivity index (χ1v) is 13.3. The summed E-state index contributed by atoms with van der Waals surface area (Å²) >= 11 is 0. The molecule has 1 aliphatic rings. The molecule has 0 heterocycles. The van der Waals surface area contributed by atoms with E-state index in [1.165, 1.54) is 12.1 Å². The SMILES string of the molecule is NS(=O)(=O)c1ccc(NC2c3cccc4cccc(c34)C2NS(=O)(=O)c2ccccc2)cc1. The summed E-state index contributed by atoms with van der Waals surface area (Å²) in [6.45, 7) is 0. The van der Waals surface area contributed by atoms with Crippen LogP contribution in [0.1, 0.15) is 23.2 Å². The number of nitrogens with two attached hydrogens (primary N) is 1. The Hall–Kier alpha value is -3.24. The van der Waals surface area contributed by atoms with Crippen molar-refractivity contribution >= 4 is 36.5 Å². The molecule has 0 spiro atoms. The minimum Gasteiger partial charge on any atom is -0.376 e. The normalized spacial score (nSPS) is 17.8. The molecule has 4 aromatic carbocycles. The van der Waals surface area contributed by atoms with Gasteiger partial charge >= 0.3 is 0 Å². The number of sulfonamides is 2. The molecular formula is C24H21N3O4S2. The molecule has 4 N–H and O–H groups in total. The van der Waals surface area contributed by atoms with Crippen molar-refractivity contribution in [2.45, 2.75) is 21.9 Å². The molecule has 7 nitrogen and oxygen atoms in total. The van der Waals surface area contributed by atoms with Gasteiger partial charge in [-0.25, -0.2) is 26.7 Å². The maximum atomic E-state index is 13.2. The third-order valence-corrected chi connectivity index (χ3v) is 8.20. The Labute approximate surface area is 192 Å². The summed E-state index contributed by atoms with van der Waals surface area (Å²) in [5.41, 5.74) is 2.47. The second-order valence-electron chi connectivity index (χ2n) is 7.90. The van der Waals surface area contributed by atoms with Gasteiger partial charge in [0.15, 0.2) is 0 Å². The third-order valence-electron chi connectivity index (χ3n) is 5.81. The highest BCUT2D eigenvalue weighted by molar-refractivity contribution is 7.89. The number of primary sulfonamides is 1. The van der Waals surface area contributed by atoms with Gasteiger partial charge in [0.1, 0.15) is 0 Å². The van der Waals surface area contributed by atoms with Crippen LogP contribution in [0.2, 0.25) is 0 Å². The molecule has 0 radical (unpaired) electrons. The van der Waals surface area contributed by atoms with Crippen LogP contribution in [0.15, 0.2) is 101 Å². The van der Waals surface area contributed by atoms with Crippen LogP contribution in [0.5, 0.6) is 0 Å². The molecule has 5 rings (SSSR count). The molecule has 0 bridgehead atoms. The van der Waals surface area contributed by atoms with E-state index in [-0.39, 0.29) is 9.79 Å². The largest absolute Gasteiger partial charge is 0.376 e. The fourth-order valence-corrected chi connectivity index (χ4v) is 6.09. The quantitative estimate of drug-likeness (QED) is 0.390. The third kappa shape index (κ3) is 4.00. The Balaban J connectivity index is 1.57. The van der Waals surface area contributed by atoms with Crippen molar-refractivity contribution in [2.24, 2.45) is 5.14 Å². The van der Waals surface area contributed by atoms with Crippen molar-refractivity contribution < 1.29 is 16.8 Å². The highest BCUT2D eigenvalue weighted by Crippen LogP contribution is 2.46. The zero-order chi connectivity index (χ0) is 23.2. The van der Waals surface area contributed by atoms with E-state index < -0.39 is 32.1 Å². The Bertz CT molecular complexity index is 1550. The van der Waals surface area contributed by atoms with E-state index in [0.29, 0.717) is 5.69 Å². The van der Waals surface area contributed by atoms with E-state index in [9.17, 15) is 16.8 Å². The van der Waals surface area contributed by atoms with E-state index in [0.717, 1.165) is 21.9 Å². The van der Waals surface area contributed by atoms with Gasteiger partial charge in [-0.05, 0) is 58.3 Å². The van der Waals surface area contributed by atoms with E-state index in [2.05, 4.69) is 10.0 Å². The first-order valence-electron chi connectivity index (χ1n) is 10.2. The van der Waals surface area contributed by atoms with E-state index in [1.807, 2.05) is 36.4 Å². The zero-order valence-corrected chi connectivity index (χ0v) is 19.0. The lowest BCUT2D eigenvalue weighted by Crippen LogP contribution is -2.33. The predicted molar refractivity (Wildman–Crippen MR) is 128 cm³/mol. The van der Waals surface area contributed by atoms with Crippen molar-refractivity contribution in [3.63, 3.8) is 0 Å². The van der Waals surface area contributed by atoms with Crippen LogP contribution in [0.25, 0.3) is 10.8 Å². The van der Waals surface area contributed by atoms with Gasteiger partial charge in [-0.15, -0.1) is 0 Å². The Morgan fingerprint density at radius 2 is 1.24 bits per heavy atom. The van der Waals surface area contributed by atoms with Crippen LogP contribution >= 0.6 is 0 Å². The fourth-order valence-electron chi connectivity index (χ4n) is 4.33. The zero-order valence-electron chi connectivity index (χ0n) is 17.3. The molecule has 168 valence electrons. The van der Waals surface area contributed by atoms with Gasteiger partial charge in [0.2, 0.25) is 20.0 Å². The highest BCUT2D eigenvalue weighted by atomic mass is 32.2.